The number of amides is 1. The standard InChI is InChI=1S/C21H13F5N6O3S/c1-35-15-8-27-14(17(22)23)5-11(15)10-6-16(32-4-2-3-13(19(32)34)21(24,25)26)28-7-12(10)18(33)30-20-31-29-9-36-20/h2-9,17H,1H3,(H,30,31,33). The Morgan fingerprint density at radius 2 is 1.94 bits per heavy atom. The molecule has 4 heterocycles. The van der Waals surface area contributed by atoms with Gasteiger partial charge in [0.05, 0.1) is 18.9 Å². The monoisotopic (exact) mass is 524 g/mol. The summed E-state index contributed by atoms with van der Waals surface area (Å²) < 4.78 is 72.4. The topological polar surface area (TPSA) is 112 Å². The summed E-state index contributed by atoms with van der Waals surface area (Å²) in [5, 5.41) is 9.88. The van der Waals surface area contributed by atoms with E-state index in [1.165, 1.54) is 12.6 Å². The average molecular weight is 524 g/mol. The molecule has 0 spiro atoms. The molecule has 0 fully saturated rings. The summed E-state index contributed by atoms with van der Waals surface area (Å²) in [6.45, 7) is 0. The summed E-state index contributed by atoms with van der Waals surface area (Å²) in [6.07, 6.45) is -4.83. The van der Waals surface area contributed by atoms with E-state index in [-0.39, 0.29) is 33.4 Å². The van der Waals surface area contributed by atoms with Crippen molar-refractivity contribution < 1.29 is 31.5 Å². The lowest BCUT2D eigenvalue weighted by molar-refractivity contribution is -0.138. The molecule has 0 aliphatic carbocycles. The molecular formula is C21H13F5N6O3S. The number of nitrogens with zero attached hydrogens (tertiary/aromatic N) is 5. The maximum atomic E-state index is 13.4. The Labute approximate surface area is 202 Å². The SMILES string of the molecule is COc1cnc(C(F)F)cc1-c1cc(-n2cccc(C(F)(F)F)c2=O)ncc1C(=O)Nc1nncs1. The number of halogens is 5. The second-order valence-corrected chi connectivity index (χ2v) is 7.82. The average Bonchev–Trinajstić information content (AvgIpc) is 3.35. The number of pyridine rings is 3. The number of alkyl halides is 5. The number of carbonyl (C=O) groups is 1. The highest BCUT2D eigenvalue weighted by Crippen LogP contribution is 2.35. The van der Waals surface area contributed by atoms with Gasteiger partial charge >= 0.3 is 6.18 Å². The zero-order chi connectivity index (χ0) is 26.0. The maximum Gasteiger partial charge on any atom is 0.421 e. The van der Waals surface area contributed by atoms with Gasteiger partial charge in [-0.15, -0.1) is 10.2 Å². The van der Waals surface area contributed by atoms with Crippen LogP contribution in [0, 0.1) is 0 Å². The first kappa shape index (κ1) is 24.8. The quantitative estimate of drug-likeness (QED) is 0.373. The number of hydrogen-bond donors (Lipinski definition) is 1. The van der Waals surface area contributed by atoms with Crippen LogP contribution in [0.2, 0.25) is 0 Å². The van der Waals surface area contributed by atoms with Gasteiger partial charge in [-0.3, -0.25) is 24.5 Å². The first-order valence-electron chi connectivity index (χ1n) is 9.79. The van der Waals surface area contributed by atoms with Gasteiger partial charge in [-0.2, -0.15) is 13.2 Å². The van der Waals surface area contributed by atoms with Crippen LogP contribution in [0.25, 0.3) is 16.9 Å². The van der Waals surface area contributed by atoms with Crippen LogP contribution in [-0.2, 0) is 6.18 Å². The van der Waals surface area contributed by atoms with Gasteiger partial charge in [-0.25, -0.2) is 13.8 Å². The second kappa shape index (κ2) is 9.77. The number of methoxy groups -OCH3 is 1. The van der Waals surface area contributed by atoms with E-state index in [0.717, 1.165) is 48.1 Å². The fraction of sp³-hybridized carbons (Fsp3) is 0.143. The van der Waals surface area contributed by atoms with Gasteiger partial charge in [-0.1, -0.05) is 11.3 Å². The Morgan fingerprint density at radius 3 is 2.58 bits per heavy atom. The van der Waals surface area contributed by atoms with Crippen LogP contribution in [-0.4, -0.2) is 37.7 Å². The Bertz CT molecular complexity index is 1470. The zero-order valence-corrected chi connectivity index (χ0v) is 18.8. The van der Waals surface area contributed by atoms with Crippen molar-refractivity contribution in [1.82, 2.24) is 24.7 Å². The van der Waals surface area contributed by atoms with Gasteiger partial charge < -0.3 is 4.74 Å². The highest BCUT2D eigenvalue weighted by molar-refractivity contribution is 7.13. The molecule has 0 aliphatic heterocycles. The van der Waals surface area contributed by atoms with Crippen LogP contribution in [0.4, 0.5) is 27.1 Å². The summed E-state index contributed by atoms with van der Waals surface area (Å²) in [4.78, 5) is 33.1. The predicted octanol–water partition coefficient (Wildman–Crippen LogP) is 4.36. The highest BCUT2D eigenvalue weighted by atomic mass is 32.1. The third-order valence-electron chi connectivity index (χ3n) is 4.84. The molecule has 36 heavy (non-hydrogen) atoms. The van der Waals surface area contributed by atoms with Gasteiger partial charge in [-0.05, 0) is 24.3 Å². The van der Waals surface area contributed by atoms with Gasteiger partial charge in [0.15, 0.2) is 0 Å². The van der Waals surface area contributed by atoms with Crippen molar-refractivity contribution in [3.05, 3.63) is 75.5 Å². The molecule has 15 heteroatoms. The Balaban J connectivity index is 1.94. The molecule has 0 saturated carbocycles. The van der Waals surface area contributed by atoms with Crippen LogP contribution in [0.3, 0.4) is 0 Å². The number of anilines is 1. The Kier molecular flexibility index (Phi) is 6.74. The molecule has 0 aromatic carbocycles. The number of hydrogen-bond acceptors (Lipinski definition) is 8. The van der Waals surface area contributed by atoms with Crippen molar-refractivity contribution in [2.45, 2.75) is 12.6 Å². The number of carbonyl (C=O) groups excluding carboxylic acids is 1. The minimum absolute atomic E-state index is 0.0158. The van der Waals surface area contributed by atoms with Crippen LogP contribution < -0.4 is 15.6 Å². The lowest BCUT2D eigenvalue weighted by Crippen LogP contribution is -2.27. The second-order valence-electron chi connectivity index (χ2n) is 6.99. The van der Waals surface area contributed by atoms with E-state index in [1.54, 1.807) is 0 Å². The zero-order valence-electron chi connectivity index (χ0n) is 18.0. The first-order valence-corrected chi connectivity index (χ1v) is 10.7. The van der Waals surface area contributed by atoms with E-state index in [4.69, 9.17) is 4.74 Å². The van der Waals surface area contributed by atoms with Gasteiger partial charge in [0.2, 0.25) is 5.13 Å². The fourth-order valence-electron chi connectivity index (χ4n) is 3.21. The lowest BCUT2D eigenvalue weighted by Gasteiger charge is -2.16. The third kappa shape index (κ3) is 4.91. The molecule has 0 saturated heterocycles. The fourth-order valence-corrected chi connectivity index (χ4v) is 3.65. The van der Waals surface area contributed by atoms with E-state index in [1.807, 2.05) is 0 Å². The van der Waals surface area contributed by atoms with Crippen molar-refractivity contribution >= 4 is 22.4 Å². The molecule has 0 bridgehead atoms. The molecule has 0 radical (unpaired) electrons. The smallest absolute Gasteiger partial charge is 0.421 e. The molecule has 1 amide bonds. The molecule has 4 aromatic rings. The molecule has 1 N–H and O–H groups in total. The summed E-state index contributed by atoms with van der Waals surface area (Å²) in [6, 6.07) is 3.71. The summed E-state index contributed by atoms with van der Waals surface area (Å²) in [5.74, 6) is -1.08. The van der Waals surface area contributed by atoms with Crippen LogP contribution >= 0.6 is 11.3 Å². The van der Waals surface area contributed by atoms with Crippen molar-refractivity contribution in [2.24, 2.45) is 0 Å². The van der Waals surface area contributed by atoms with E-state index in [2.05, 4.69) is 25.5 Å². The highest BCUT2D eigenvalue weighted by Gasteiger charge is 2.34. The number of nitrogens with one attached hydrogen (secondary N) is 1. The third-order valence-corrected chi connectivity index (χ3v) is 5.44. The van der Waals surface area contributed by atoms with Crippen molar-refractivity contribution in [2.75, 3.05) is 12.4 Å². The molecule has 0 aliphatic rings. The van der Waals surface area contributed by atoms with Crippen molar-refractivity contribution in [3.8, 4) is 22.7 Å². The molecule has 186 valence electrons. The molecule has 0 unspecified atom stereocenters. The Hall–Kier alpha value is -4.27. The Morgan fingerprint density at radius 1 is 1.17 bits per heavy atom. The predicted molar refractivity (Wildman–Crippen MR) is 117 cm³/mol. The van der Waals surface area contributed by atoms with Gasteiger partial charge in [0.1, 0.15) is 28.3 Å². The van der Waals surface area contributed by atoms with E-state index in [0.29, 0.717) is 10.6 Å². The van der Waals surface area contributed by atoms with Gasteiger partial charge in [0, 0.05) is 23.5 Å². The van der Waals surface area contributed by atoms with Crippen LogP contribution in [0.15, 0.2) is 53.2 Å². The summed E-state index contributed by atoms with van der Waals surface area (Å²) >= 11 is 1.01. The van der Waals surface area contributed by atoms with Crippen LogP contribution in [0.5, 0.6) is 5.75 Å². The molecule has 4 rings (SSSR count). The largest absolute Gasteiger partial charge is 0.494 e. The van der Waals surface area contributed by atoms with Crippen LogP contribution in [0.1, 0.15) is 28.0 Å². The minimum Gasteiger partial charge on any atom is -0.494 e. The molecular weight excluding hydrogens is 511 g/mol. The van der Waals surface area contributed by atoms with E-state index in [9.17, 15) is 31.5 Å². The minimum atomic E-state index is -4.93. The van der Waals surface area contributed by atoms with Gasteiger partial charge in [0.25, 0.3) is 17.9 Å². The number of ether oxygens (including phenoxy) is 1. The summed E-state index contributed by atoms with van der Waals surface area (Å²) in [7, 11) is 1.24. The number of aromatic nitrogens is 5. The molecule has 0 atom stereocenters. The normalized spacial score (nSPS) is 11.5. The van der Waals surface area contributed by atoms with E-state index >= 15 is 0 Å². The summed E-state index contributed by atoms with van der Waals surface area (Å²) in [5.41, 5.74) is -2.40. The van der Waals surface area contributed by atoms with E-state index < -0.39 is 35.3 Å². The maximum absolute atomic E-state index is 13.4. The van der Waals surface area contributed by atoms with Crippen molar-refractivity contribution in [1.29, 1.82) is 0 Å². The molecule has 9 nitrogen and oxygen atoms in total. The first-order chi connectivity index (χ1) is 17.1. The lowest BCUT2D eigenvalue weighted by atomic mass is 10.00. The number of rotatable bonds is 6. The molecule has 4 aromatic heterocycles. The van der Waals surface area contributed by atoms with Crippen molar-refractivity contribution in [3.63, 3.8) is 0 Å².